The number of carbonyl (C=O) groups is 1. The molecule has 3 rings (SSSR count). The third kappa shape index (κ3) is 8.22. The number of rotatable bonds is 11. The number of nitrogens with two attached hydrogens (primary N) is 2. The molecule has 6 nitrogen and oxygen atoms in total. The summed E-state index contributed by atoms with van der Waals surface area (Å²) in [5.41, 5.74) is 10.6. The number of furan rings is 1. The van der Waals surface area contributed by atoms with Gasteiger partial charge in [0.15, 0.2) is 0 Å². The zero-order valence-electron chi connectivity index (χ0n) is 22.4. The van der Waals surface area contributed by atoms with E-state index in [0.717, 1.165) is 15.8 Å². The van der Waals surface area contributed by atoms with Crippen molar-refractivity contribution >= 4 is 28.7 Å². The largest absolute Gasteiger partial charge is 0.465 e. The topological polar surface area (TPSA) is 104 Å². The van der Waals surface area contributed by atoms with Gasteiger partial charge in [-0.3, -0.25) is 9.78 Å². The van der Waals surface area contributed by atoms with Crippen LogP contribution in [0.4, 0.5) is 13.2 Å². The lowest BCUT2D eigenvalue weighted by Gasteiger charge is -2.35. The fourth-order valence-electron chi connectivity index (χ4n) is 4.04. The molecule has 2 heterocycles. The molecule has 0 radical (unpaired) electrons. The molecule has 0 fully saturated rings. The number of alkyl halides is 3. The van der Waals surface area contributed by atoms with E-state index in [9.17, 15) is 18.0 Å². The molecule has 1 aromatic carbocycles. The first-order chi connectivity index (χ1) is 17.5. The van der Waals surface area contributed by atoms with Gasteiger partial charge in [0.25, 0.3) is 0 Å². The molecule has 208 valence electrons. The summed E-state index contributed by atoms with van der Waals surface area (Å²) in [7, 11) is 0. The predicted molar refractivity (Wildman–Crippen MR) is 145 cm³/mol. The van der Waals surface area contributed by atoms with E-state index >= 15 is 0 Å². The zero-order valence-corrected chi connectivity index (χ0v) is 23.2. The number of aromatic nitrogens is 1. The first-order valence-electron chi connectivity index (χ1n) is 12.3. The predicted octanol–water partition coefficient (Wildman–Crippen LogP) is 6.57. The van der Waals surface area contributed by atoms with Crippen molar-refractivity contribution in [1.29, 1.82) is 0 Å². The number of fused-ring (bicyclic) bond motifs is 1. The molecule has 0 aliphatic heterocycles. The van der Waals surface area contributed by atoms with Crippen LogP contribution in [0.3, 0.4) is 0 Å². The molecule has 0 spiro atoms. The molecule has 2 aromatic heterocycles. The van der Waals surface area contributed by atoms with Crippen molar-refractivity contribution in [3.8, 4) is 11.3 Å². The standard InChI is InChI=1S/C28H36F3N3O3S/c1-25(2,33)13-23(32)26(3,4)24(35)36-16-27(5,15-28(29,30)31)17-38-20-9-8-18-11-21(37-22(18)12-20)19-7-6-10-34-14-19/h6-12,14,23H,13,15-17,32-33H2,1-5H3. The summed E-state index contributed by atoms with van der Waals surface area (Å²) >= 11 is 1.26. The average Bonchev–Trinajstić information content (AvgIpc) is 3.23. The van der Waals surface area contributed by atoms with Crippen LogP contribution >= 0.6 is 11.8 Å². The highest BCUT2D eigenvalue weighted by atomic mass is 32.2. The smallest absolute Gasteiger partial charge is 0.389 e. The maximum atomic E-state index is 13.5. The van der Waals surface area contributed by atoms with Crippen LogP contribution in [-0.4, -0.2) is 41.1 Å². The number of carbonyl (C=O) groups excluding carboxylic acids is 1. The number of hydrogen-bond donors (Lipinski definition) is 2. The van der Waals surface area contributed by atoms with E-state index in [0.29, 0.717) is 17.8 Å². The summed E-state index contributed by atoms with van der Waals surface area (Å²) in [6.45, 7) is 7.93. The Hall–Kier alpha value is -2.56. The maximum absolute atomic E-state index is 13.5. The van der Waals surface area contributed by atoms with Crippen LogP contribution in [0.2, 0.25) is 0 Å². The van der Waals surface area contributed by atoms with Gasteiger partial charge in [-0.05, 0) is 70.5 Å². The van der Waals surface area contributed by atoms with E-state index in [1.165, 1.54) is 18.7 Å². The molecule has 38 heavy (non-hydrogen) atoms. The first-order valence-corrected chi connectivity index (χ1v) is 13.3. The normalized spacial score (nSPS) is 15.3. The first kappa shape index (κ1) is 30.0. The van der Waals surface area contributed by atoms with E-state index in [1.807, 2.05) is 30.3 Å². The number of halogens is 3. The maximum Gasteiger partial charge on any atom is 0.389 e. The number of nitrogens with zero attached hydrogens (tertiary/aromatic N) is 1. The number of esters is 1. The minimum Gasteiger partial charge on any atom is -0.465 e. The monoisotopic (exact) mass is 551 g/mol. The van der Waals surface area contributed by atoms with E-state index in [4.69, 9.17) is 20.6 Å². The number of pyridine rings is 1. The molecule has 0 saturated heterocycles. The Kier molecular flexibility index (Phi) is 8.90. The number of benzene rings is 1. The quantitative estimate of drug-likeness (QED) is 0.205. The van der Waals surface area contributed by atoms with E-state index in [-0.39, 0.29) is 5.75 Å². The SMILES string of the molecule is CC(C)(N)CC(N)C(C)(C)C(=O)OCC(C)(CSc1ccc2cc(-c3cccnc3)oc2c1)CC(F)(F)F. The van der Waals surface area contributed by atoms with Gasteiger partial charge in [0, 0.05) is 51.0 Å². The van der Waals surface area contributed by atoms with Gasteiger partial charge >= 0.3 is 12.1 Å². The molecule has 0 aliphatic carbocycles. The Morgan fingerprint density at radius 2 is 1.84 bits per heavy atom. The van der Waals surface area contributed by atoms with E-state index < -0.39 is 47.6 Å². The molecular formula is C28H36F3N3O3S. The van der Waals surface area contributed by atoms with Crippen molar-refractivity contribution < 1.29 is 27.1 Å². The summed E-state index contributed by atoms with van der Waals surface area (Å²) in [6.07, 6.45) is -1.81. The molecule has 0 amide bonds. The minimum atomic E-state index is -4.43. The second-order valence-corrected chi connectivity index (χ2v) is 12.6. The molecule has 0 saturated carbocycles. The highest BCUT2D eigenvalue weighted by molar-refractivity contribution is 7.99. The summed E-state index contributed by atoms with van der Waals surface area (Å²) in [4.78, 5) is 17.7. The average molecular weight is 552 g/mol. The molecule has 4 N–H and O–H groups in total. The Morgan fingerprint density at radius 1 is 1.13 bits per heavy atom. The lowest BCUT2D eigenvalue weighted by Crippen LogP contribution is -2.50. The van der Waals surface area contributed by atoms with Gasteiger partial charge in [0.2, 0.25) is 0 Å². The summed E-state index contributed by atoms with van der Waals surface area (Å²) in [6, 6.07) is 10.5. The van der Waals surface area contributed by atoms with Crippen molar-refractivity contribution in [2.24, 2.45) is 22.3 Å². The number of thioether (sulfide) groups is 1. The number of ether oxygens (including phenoxy) is 1. The second kappa shape index (κ2) is 11.3. The van der Waals surface area contributed by atoms with Gasteiger partial charge in [0.05, 0.1) is 18.4 Å². The highest BCUT2D eigenvalue weighted by Crippen LogP contribution is 2.40. The van der Waals surface area contributed by atoms with Crippen LogP contribution in [0.1, 0.15) is 47.5 Å². The van der Waals surface area contributed by atoms with E-state index in [2.05, 4.69) is 4.98 Å². The van der Waals surface area contributed by atoms with Crippen LogP contribution < -0.4 is 11.5 Å². The van der Waals surface area contributed by atoms with Crippen LogP contribution in [0.25, 0.3) is 22.3 Å². The van der Waals surface area contributed by atoms with Gasteiger partial charge < -0.3 is 20.6 Å². The summed E-state index contributed by atoms with van der Waals surface area (Å²) in [5, 5.41) is 0.874. The van der Waals surface area contributed by atoms with Gasteiger partial charge in [-0.2, -0.15) is 13.2 Å². The van der Waals surface area contributed by atoms with Gasteiger partial charge in [-0.25, -0.2) is 0 Å². The molecule has 0 bridgehead atoms. The molecule has 2 unspecified atom stereocenters. The Bertz CT molecular complexity index is 1240. The fraction of sp³-hybridized carbons (Fsp3) is 0.500. The lowest BCUT2D eigenvalue weighted by molar-refractivity contribution is -0.173. The summed E-state index contributed by atoms with van der Waals surface area (Å²) < 4.78 is 52.0. The molecule has 10 heteroatoms. The molecular weight excluding hydrogens is 515 g/mol. The molecule has 0 aliphatic rings. The molecule has 3 aromatic rings. The van der Waals surface area contributed by atoms with Crippen molar-refractivity contribution in [1.82, 2.24) is 4.98 Å². The van der Waals surface area contributed by atoms with Crippen LogP contribution in [-0.2, 0) is 9.53 Å². The minimum absolute atomic E-state index is 0.0732. The van der Waals surface area contributed by atoms with Crippen molar-refractivity contribution in [3.05, 3.63) is 48.8 Å². The van der Waals surface area contributed by atoms with Gasteiger partial charge in [0.1, 0.15) is 11.3 Å². The lowest BCUT2D eigenvalue weighted by atomic mass is 9.79. The summed E-state index contributed by atoms with van der Waals surface area (Å²) in [5.74, 6) is 0.0829. The van der Waals surface area contributed by atoms with Gasteiger partial charge in [-0.15, -0.1) is 11.8 Å². The third-order valence-electron chi connectivity index (χ3n) is 6.40. The zero-order chi connectivity index (χ0) is 28.4. The van der Waals surface area contributed by atoms with Crippen molar-refractivity contribution in [3.63, 3.8) is 0 Å². The molecule has 2 atom stereocenters. The Balaban J connectivity index is 1.72. The fourth-order valence-corrected chi connectivity index (χ4v) is 5.09. The highest BCUT2D eigenvalue weighted by Gasteiger charge is 2.43. The van der Waals surface area contributed by atoms with Crippen LogP contribution in [0.15, 0.2) is 58.1 Å². The van der Waals surface area contributed by atoms with E-state index in [1.54, 1.807) is 46.2 Å². The Morgan fingerprint density at radius 3 is 2.45 bits per heavy atom. The van der Waals surface area contributed by atoms with Crippen LogP contribution in [0.5, 0.6) is 0 Å². The van der Waals surface area contributed by atoms with Crippen molar-refractivity contribution in [2.75, 3.05) is 12.4 Å². The van der Waals surface area contributed by atoms with Crippen molar-refractivity contribution in [2.45, 2.75) is 70.1 Å². The number of hydrogen-bond acceptors (Lipinski definition) is 7. The van der Waals surface area contributed by atoms with Gasteiger partial charge in [-0.1, -0.05) is 6.92 Å². The van der Waals surface area contributed by atoms with Crippen LogP contribution in [0, 0.1) is 10.8 Å². The Labute approximate surface area is 225 Å². The second-order valence-electron chi connectivity index (χ2n) is 11.5. The third-order valence-corrected chi connectivity index (χ3v) is 7.83.